The number of hydrogen-bond acceptors (Lipinski definition) is 3. The van der Waals surface area contributed by atoms with E-state index in [1.807, 2.05) is 11.8 Å². The highest BCUT2D eigenvalue weighted by atomic mass is 19.4. The fourth-order valence-electron chi connectivity index (χ4n) is 3.84. The molecule has 0 bridgehead atoms. The molecule has 132 valence electrons. The monoisotopic (exact) mass is 341 g/mol. The average Bonchev–Trinajstić information content (AvgIpc) is 2.52. The number of aryl methyl sites for hydroxylation is 2. The summed E-state index contributed by atoms with van der Waals surface area (Å²) in [6.45, 7) is 4.20. The molecule has 0 saturated carbocycles. The minimum Gasteiger partial charge on any atom is -0.340 e. The van der Waals surface area contributed by atoms with Gasteiger partial charge in [0.05, 0.1) is 0 Å². The molecule has 0 radical (unpaired) electrons. The topological polar surface area (TPSA) is 46.1 Å². The number of fused-ring (bicyclic) bond motifs is 1. The Morgan fingerprint density at radius 3 is 2.62 bits per heavy atom. The first kappa shape index (κ1) is 17.2. The Bertz CT molecular complexity index is 645. The van der Waals surface area contributed by atoms with Crippen molar-refractivity contribution in [2.75, 3.05) is 6.54 Å². The van der Waals surface area contributed by atoms with Crippen LogP contribution in [0.4, 0.5) is 13.2 Å². The van der Waals surface area contributed by atoms with Crippen molar-refractivity contribution in [2.24, 2.45) is 5.92 Å². The van der Waals surface area contributed by atoms with E-state index in [1.54, 1.807) is 0 Å². The second kappa shape index (κ2) is 6.33. The fourth-order valence-corrected chi connectivity index (χ4v) is 3.84. The van der Waals surface area contributed by atoms with Gasteiger partial charge < -0.3 is 4.90 Å². The van der Waals surface area contributed by atoms with Gasteiger partial charge in [0.1, 0.15) is 5.82 Å². The van der Waals surface area contributed by atoms with Crippen LogP contribution in [0, 0.1) is 12.8 Å². The summed E-state index contributed by atoms with van der Waals surface area (Å²) in [7, 11) is 0. The number of aromatic nitrogens is 2. The van der Waals surface area contributed by atoms with E-state index in [0.29, 0.717) is 25.1 Å². The second-order valence-electron chi connectivity index (χ2n) is 6.86. The lowest BCUT2D eigenvalue weighted by atomic mass is 9.84. The van der Waals surface area contributed by atoms with E-state index in [-0.39, 0.29) is 29.8 Å². The van der Waals surface area contributed by atoms with Gasteiger partial charge in [-0.25, -0.2) is 9.97 Å². The van der Waals surface area contributed by atoms with Gasteiger partial charge in [-0.05, 0) is 52.4 Å². The summed E-state index contributed by atoms with van der Waals surface area (Å²) in [6, 6.07) is 0.170. The Kier molecular flexibility index (Phi) is 4.53. The first-order valence-corrected chi connectivity index (χ1v) is 8.51. The highest BCUT2D eigenvalue weighted by Gasteiger charge is 2.40. The Morgan fingerprint density at radius 2 is 1.96 bits per heavy atom. The molecule has 1 aliphatic carbocycles. The van der Waals surface area contributed by atoms with Crippen molar-refractivity contribution >= 4 is 5.91 Å². The van der Waals surface area contributed by atoms with Gasteiger partial charge >= 0.3 is 6.18 Å². The lowest BCUT2D eigenvalue weighted by Crippen LogP contribution is -2.46. The molecule has 1 saturated heterocycles. The molecule has 24 heavy (non-hydrogen) atoms. The van der Waals surface area contributed by atoms with Crippen molar-refractivity contribution in [1.29, 1.82) is 0 Å². The third-order valence-corrected chi connectivity index (χ3v) is 5.09. The van der Waals surface area contributed by atoms with Crippen LogP contribution >= 0.6 is 0 Å². The number of rotatable bonds is 1. The Labute approximate surface area is 139 Å². The molecule has 1 fully saturated rings. The van der Waals surface area contributed by atoms with E-state index >= 15 is 0 Å². The highest BCUT2D eigenvalue weighted by molar-refractivity contribution is 5.80. The largest absolute Gasteiger partial charge is 0.433 e. The molecule has 4 nitrogen and oxygen atoms in total. The maximum Gasteiger partial charge on any atom is 0.433 e. The van der Waals surface area contributed by atoms with Gasteiger partial charge in [0.15, 0.2) is 5.69 Å². The zero-order valence-corrected chi connectivity index (χ0v) is 14.0. The molecule has 0 N–H and O–H groups in total. The third kappa shape index (κ3) is 3.26. The number of hydrogen-bond donors (Lipinski definition) is 0. The van der Waals surface area contributed by atoms with Crippen LogP contribution in [-0.4, -0.2) is 33.4 Å². The van der Waals surface area contributed by atoms with Gasteiger partial charge in [0, 0.05) is 29.8 Å². The summed E-state index contributed by atoms with van der Waals surface area (Å²) in [6.07, 6.45) is -0.429. The zero-order valence-electron chi connectivity index (χ0n) is 14.0. The molecule has 1 amide bonds. The molecule has 1 aromatic rings. The van der Waals surface area contributed by atoms with E-state index in [4.69, 9.17) is 0 Å². The molecule has 0 unspecified atom stereocenters. The molecule has 2 atom stereocenters. The molecule has 1 aromatic heterocycles. The molecule has 2 aliphatic rings. The summed E-state index contributed by atoms with van der Waals surface area (Å²) in [5.41, 5.74) is -0.304. The Balaban J connectivity index is 1.87. The van der Waals surface area contributed by atoms with E-state index in [0.717, 1.165) is 19.3 Å². The first-order chi connectivity index (χ1) is 11.3. The fraction of sp³-hybridized carbons (Fsp3) is 0.706. The van der Waals surface area contributed by atoms with Crippen LogP contribution in [0.3, 0.4) is 0 Å². The van der Waals surface area contributed by atoms with Crippen molar-refractivity contribution < 1.29 is 18.0 Å². The van der Waals surface area contributed by atoms with Gasteiger partial charge in [0.25, 0.3) is 0 Å². The lowest BCUT2D eigenvalue weighted by Gasteiger charge is -2.37. The predicted molar refractivity (Wildman–Crippen MR) is 82.3 cm³/mol. The van der Waals surface area contributed by atoms with Crippen molar-refractivity contribution in [3.8, 4) is 0 Å². The standard InChI is InChI=1S/C17H22F3N3O/c1-10-5-3-4-8-23(10)16(24)12-6-7-14-13(9-12)15(17(18,19)20)22-11(2)21-14/h10,12H,3-9H2,1-2H3/t10-,12+/m1/s1. The van der Waals surface area contributed by atoms with Crippen LogP contribution in [0.15, 0.2) is 0 Å². The maximum atomic E-state index is 13.3. The number of amides is 1. The third-order valence-electron chi connectivity index (χ3n) is 5.09. The number of alkyl halides is 3. The molecule has 7 heteroatoms. The summed E-state index contributed by atoms with van der Waals surface area (Å²) in [4.78, 5) is 22.4. The Hall–Kier alpha value is -1.66. The number of halogens is 3. The number of carbonyl (C=O) groups is 1. The Morgan fingerprint density at radius 1 is 1.21 bits per heavy atom. The highest BCUT2D eigenvalue weighted by Crippen LogP contribution is 2.36. The SMILES string of the molecule is Cc1nc2c(c(C(F)(F)F)n1)C[C@@H](C(=O)N1CCCC[C@H]1C)CC2. The van der Waals surface area contributed by atoms with Crippen LogP contribution in [-0.2, 0) is 23.8 Å². The summed E-state index contributed by atoms with van der Waals surface area (Å²) in [5.74, 6) is -0.275. The minimum absolute atomic E-state index is 0.0125. The van der Waals surface area contributed by atoms with Crippen molar-refractivity contribution in [3.05, 3.63) is 22.8 Å². The van der Waals surface area contributed by atoms with E-state index in [2.05, 4.69) is 9.97 Å². The molecule has 3 rings (SSSR count). The molecule has 1 aliphatic heterocycles. The van der Waals surface area contributed by atoms with Crippen LogP contribution < -0.4 is 0 Å². The van der Waals surface area contributed by atoms with Crippen LogP contribution in [0.2, 0.25) is 0 Å². The maximum absolute atomic E-state index is 13.3. The number of carbonyl (C=O) groups excluding carboxylic acids is 1. The van der Waals surface area contributed by atoms with Crippen LogP contribution in [0.1, 0.15) is 55.4 Å². The first-order valence-electron chi connectivity index (χ1n) is 8.51. The lowest BCUT2D eigenvalue weighted by molar-refractivity contribution is -0.144. The minimum atomic E-state index is -4.51. The van der Waals surface area contributed by atoms with E-state index in [1.165, 1.54) is 6.92 Å². The van der Waals surface area contributed by atoms with Gasteiger partial charge in [-0.3, -0.25) is 4.79 Å². The zero-order chi connectivity index (χ0) is 17.5. The van der Waals surface area contributed by atoms with Gasteiger partial charge in [-0.15, -0.1) is 0 Å². The molecular formula is C17H22F3N3O. The van der Waals surface area contributed by atoms with Gasteiger partial charge in [0.2, 0.25) is 5.91 Å². The average molecular weight is 341 g/mol. The predicted octanol–water partition coefficient (Wildman–Crippen LogP) is 3.31. The molecule has 0 spiro atoms. The van der Waals surface area contributed by atoms with Gasteiger partial charge in [-0.2, -0.15) is 13.2 Å². The van der Waals surface area contributed by atoms with Gasteiger partial charge in [-0.1, -0.05) is 0 Å². The number of likely N-dealkylation sites (tertiary alicyclic amines) is 1. The normalized spacial score (nSPS) is 24.6. The van der Waals surface area contributed by atoms with Crippen molar-refractivity contribution in [3.63, 3.8) is 0 Å². The number of piperidine rings is 1. The van der Waals surface area contributed by atoms with E-state index in [9.17, 15) is 18.0 Å². The molecule has 2 heterocycles. The second-order valence-corrected chi connectivity index (χ2v) is 6.86. The quantitative estimate of drug-likeness (QED) is 0.787. The summed E-state index contributed by atoms with van der Waals surface area (Å²) < 4.78 is 39.9. The number of nitrogens with zero attached hydrogens (tertiary/aromatic N) is 3. The van der Waals surface area contributed by atoms with Crippen molar-refractivity contribution in [2.45, 2.75) is 64.6 Å². The molecule has 0 aromatic carbocycles. The summed E-state index contributed by atoms with van der Waals surface area (Å²) >= 11 is 0. The van der Waals surface area contributed by atoms with Crippen molar-refractivity contribution in [1.82, 2.24) is 14.9 Å². The van der Waals surface area contributed by atoms with Crippen LogP contribution in [0.5, 0.6) is 0 Å². The molecular weight excluding hydrogens is 319 g/mol. The van der Waals surface area contributed by atoms with E-state index < -0.39 is 17.8 Å². The summed E-state index contributed by atoms with van der Waals surface area (Å²) in [5, 5.41) is 0. The smallest absolute Gasteiger partial charge is 0.340 e. The van der Waals surface area contributed by atoms with Crippen LogP contribution in [0.25, 0.3) is 0 Å².